The molecule has 0 aromatic heterocycles. The van der Waals surface area contributed by atoms with Crippen molar-refractivity contribution in [1.82, 2.24) is 5.32 Å². The zero-order chi connectivity index (χ0) is 14.5. The molecule has 2 rings (SSSR count). The van der Waals surface area contributed by atoms with E-state index in [0.29, 0.717) is 13.2 Å². The second kappa shape index (κ2) is 6.79. The van der Waals surface area contributed by atoms with E-state index in [2.05, 4.69) is 5.32 Å². The van der Waals surface area contributed by atoms with Crippen LogP contribution in [0, 0.1) is 17.5 Å². The van der Waals surface area contributed by atoms with Crippen LogP contribution >= 0.6 is 0 Å². The van der Waals surface area contributed by atoms with Crippen molar-refractivity contribution in [2.45, 2.75) is 32.2 Å². The highest BCUT2D eigenvalue weighted by atomic mass is 19.2. The number of hydrogen-bond acceptors (Lipinski definition) is 2. The van der Waals surface area contributed by atoms with Gasteiger partial charge in [-0.2, -0.15) is 0 Å². The second-order valence-electron chi connectivity index (χ2n) is 4.82. The lowest BCUT2D eigenvalue weighted by Gasteiger charge is -2.25. The van der Waals surface area contributed by atoms with Gasteiger partial charge in [0.15, 0.2) is 17.5 Å². The van der Waals surface area contributed by atoms with E-state index in [1.165, 1.54) is 6.07 Å². The SMILES string of the molecule is CCCNC(C1=COCCC1)c1ccc(F)c(F)c1F. The second-order valence-corrected chi connectivity index (χ2v) is 4.82. The zero-order valence-corrected chi connectivity index (χ0v) is 11.4. The molecule has 1 heterocycles. The fourth-order valence-electron chi connectivity index (χ4n) is 2.29. The van der Waals surface area contributed by atoms with Gasteiger partial charge in [-0.05, 0) is 37.4 Å². The van der Waals surface area contributed by atoms with Crippen LogP contribution in [0.1, 0.15) is 37.8 Å². The molecule has 5 heteroatoms. The molecule has 0 spiro atoms. The predicted octanol–water partition coefficient (Wildman–Crippen LogP) is 3.84. The average molecular weight is 285 g/mol. The van der Waals surface area contributed by atoms with Crippen molar-refractivity contribution in [1.29, 1.82) is 0 Å². The highest BCUT2D eigenvalue weighted by Crippen LogP contribution is 2.30. The molecular formula is C15H18F3NO. The number of rotatable bonds is 5. The Morgan fingerprint density at radius 1 is 1.25 bits per heavy atom. The first-order valence-electron chi connectivity index (χ1n) is 6.82. The lowest BCUT2D eigenvalue weighted by Crippen LogP contribution is -2.26. The van der Waals surface area contributed by atoms with Crippen LogP contribution in [-0.2, 0) is 4.74 Å². The quantitative estimate of drug-likeness (QED) is 0.830. The summed E-state index contributed by atoms with van der Waals surface area (Å²) >= 11 is 0. The first-order chi connectivity index (χ1) is 9.65. The molecule has 110 valence electrons. The summed E-state index contributed by atoms with van der Waals surface area (Å²) in [5.74, 6) is -3.73. The van der Waals surface area contributed by atoms with Crippen molar-refractivity contribution in [3.05, 3.63) is 47.0 Å². The van der Waals surface area contributed by atoms with E-state index in [1.807, 2.05) is 6.92 Å². The minimum atomic E-state index is -1.43. The highest BCUT2D eigenvalue weighted by molar-refractivity contribution is 5.30. The Labute approximate surface area is 116 Å². The van der Waals surface area contributed by atoms with Gasteiger partial charge in [-0.1, -0.05) is 13.0 Å². The van der Waals surface area contributed by atoms with Crippen molar-refractivity contribution in [2.24, 2.45) is 0 Å². The largest absolute Gasteiger partial charge is 0.501 e. The molecule has 1 N–H and O–H groups in total. The Morgan fingerprint density at radius 2 is 2.05 bits per heavy atom. The molecule has 0 saturated heterocycles. The van der Waals surface area contributed by atoms with Gasteiger partial charge in [0, 0.05) is 5.56 Å². The highest BCUT2D eigenvalue weighted by Gasteiger charge is 2.24. The van der Waals surface area contributed by atoms with Crippen LogP contribution in [0.2, 0.25) is 0 Å². The molecule has 0 aliphatic carbocycles. The van der Waals surface area contributed by atoms with Gasteiger partial charge in [0.1, 0.15) is 0 Å². The number of halogens is 3. The number of nitrogens with one attached hydrogen (secondary N) is 1. The number of hydrogen-bond donors (Lipinski definition) is 1. The predicted molar refractivity (Wildman–Crippen MR) is 70.6 cm³/mol. The molecule has 1 atom stereocenters. The van der Waals surface area contributed by atoms with Crippen LogP contribution in [0.5, 0.6) is 0 Å². The van der Waals surface area contributed by atoms with Crippen LogP contribution < -0.4 is 5.32 Å². The monoisotopic (exact) mass is 285 g/mol. The van der Waals surface area contributed by atoms with Gasteiger partial charge in [-0.3, -0.25) is 0 Å². The molecule has 0 amide bonds. The van der Waals surface area contributed by atoms with Crippen LogP contribution in [0.25, 0.3) is 0 Å². The molecule has 20 heavy (non-hydrogen) atoms. The van der Waals surface area contributed by atoms with Crippen LogP contribution in [-0.4, -0.2) is 13.2 Å². The lowest BCUT2D eigenvalue weighted by molar-refractivity contribution is 0.219. The summed E-state index contributed by atoms with van der Waals surface area (Å²) in [4.78, 5) is 0. The first-order valence-corrected chi connectivity index (χ1v) is 6.82. The molecule has 0 bridgehead atoms. The van der Waals surface area contributed by atoms with E-state index in [0.717, 1.165) is 30.9 Å². The third-order valence-corrected chi connectivity index (χ3v) is 3.31. The summed E-state index contributed by atoms with van der Waals surface area (Å²) in [6, 6.07) is 1.76. The molecular weight excluding hydrogens is 267 g/mol. The van der Waals surface area contributed by atoms with Crippen LogP contribution in [0.4, 0.5) is 13.2 Å². The third kappa shape index (κ3) is 3.15. The Bertz CT molecular complexity index is 502. The lowest BCUT2D eigenvalue weighted by atomic mass is 9.94. The normalized spacial score (nSPS) is 16.5. The molecule has 0 saturated carbocycles. The molecule has 1 aliphatic heterocycles. The van der Waals surface area contributed by atoms with Gasteiger partial charge >= 0.3 is 0 Å². The van der Waals surface area contributed by atoms with Crippen LogP contribution in [0.15, 0.2) is 24.0 Å². The maximum Gasteiger partial charge on any atom is 0.194 e. The summed E-state index contributed by atoms with van der Waals surface area (Å²) in [6.45, 7) is 3.27. The van der Waals surface area contributed by atoms with E-state index in [9.17, 15) is 13.2 Å². The number of benzene rings is 1. The molecule has 1 unspecified atom stereocenters. The third-order valence-electron chi connectivity index (χ3n) is 3.31. The zero-order valence-electron chi connectivity index (χ0n) is 11.4. The minimum Gasteiger partial charge on any atom is -0.501 e. The van der Waals surface area contributed by atoms with Crippen molar-refractivity contribution in [2.75, 3.05) is 13.2 Å². The van der Waals surface area contributed by atoms with Gasteiger partial charge in [-0.25, -0.2) is 13.2 Å². The minimum absolute atomic E-state index is 0.120. The summed E-state index contributed by atoms with van der Waals surface area (Å²) in [5.41, 5.74) is 0.976. The average Bonchev–Trinajstić information content (AvgIpc) is 2.48. The number of ether oxygens (including phenoxy) is 1. The molecule has 0 fully saturated rings. The Morgan fingerprint density at radius 3 is 2.70 bits per heavy atom. The summed E-state index contributed by atoms with van der Waals surface area (Å²) in [7, 11) is 0. The van der Waals surface area contributed by atoms with Crippen molar-refractivity contribution < 1.29 is 17.9 Å². The smallest absolute Gasteiger partial charge is 0.194 e. The molecule has 1 aromatic rings. The fourth-order valence-corrected chi connectivity index (χ4v) is 2.29. The van der Waals surface area contributed by atoms with E-state index >= 15 is 0 Å². The maximum absolute atomic E-state index is 14.0. The van der Waals surface area contributed by atoms with Gasteiger partial charge in [-0.15, -0.1) is 0 Å². The van der Waals surface area contributed by atoms with Gasteiger partial charge in [0.25, 0.3) is 0 Å². The van der Waals surface area contributed by atoms with Crippen molar-refractivity contribution in [3.8, 4) is 0 Å². The van der Waals surface area contributed by atoms with E-state index < -0.39 is 23.5 Å². The van der Waals surface area contributed by atoms with Gasteiger partial charge in [0.2, 0.25) is 0 Å². The molecule has 1 aliphatic rings. The van der Waals surface area contributed by atoms with Crippen molar-refractivity contribution >= 4 is 0 Å². The molecule has 2 nitrogen and oxygen atoms in total. The summed E-state index contributed by atoms with van der Waals surface area (Å²) in [6.07, 6.45) is 4.04. The van der Waals surface area contributed by atoms with Gasteiger partial charge in [0.05, 0.1) is 18.9 Å². The van der Waals surface area contributed by atoms with E-state index in [-0.39, 0.29) is 5.56 Å². The van der Waals surface area contributed by atoms with E-state index in [4.69, 9.17) is 4.74 Å². The Balaban J connectivity index is 2.35. The topological polar surface area (TPSA) is 21.3 Å². The Hall–Kier alpha value is -1.49. The molecule has 0 radical (unpaired) electrons. The van der Waals surface area contributed by atoms with E-state index in [1.54, 1.807) is 6.26 Å². The summed E-state index contributed by atoms with van der Waals surface area (Å²) < 4.78 is 45.7. The summed E-state index contributed by atoms with van der Waals surface area (Å²) in [5, 5.41) is 3.17. The van der Waals surface area contributed by atoms with Crippen LogP contribution in [0.3, 0.4) is 0 Å². The van der Waals surface area contributed by atoms with Crippen molar-refractivity contribution in [3.63, 3.8) is 0 Å². The fraction of sp³-hybridized carbons (Fsp3) is 0.467. The first kappa shape index (κ1) is 14.9. The van der Waals surface area contributed by atoms with Gasteiger partial charge < -0.3 is 10.1 Å². The molecule has 1 aromatic carbocycles. The standard InChI is InChI=1S/C15H18F3NO/c1-2-7-19-15(10-4-3-8-20-9-10)11-5-6-12(16)14(18)13(11)17/h5-6,9,15,19H,2-4,7-8H2,1H3. The Kier molecular flexibility index (Phi) is 5.06. The maximum atomic E-state index is 14.0.